The summed E-state index contributed by atoms with van der Waals surface area (Å²) in [4.78, 5) is 26.4. The summed E-state index contributed by atoms with van der Waals surface area (Å²) < 4.78 is 0. The van der Waals surface area contributed by atoms with E-state index in [0.29, 0.717) is 5.02 Å². The zero-order chi connectivity index (χ0) is 15.0. The van der Waals surface area contributed by atoms with Gasteiger partial charge in [-0.05, 0) is 30.4 Å². The number of carbonyl (C=O) groups is 2. The van der Waals surface area contributed by atoms with E-state index in [1.807, 2.05) is 18.2 Å². The van der Waals surface area contributed by atoms with Crippen LogP contribution in [0.3, 0.4) is 0 Å². The lowest BCUT2D eigenvalue weighted by atomic mass is 9.73. The van der Waals surface area contributed by atoms with Crippen molar-refractivity contribution in [1.29, 1.82) is 0 Å². The van der Waals surface area contributed by atoms with Gasteiger partial charge >= 0.3 is 6.03 Å². The Morgan fingerprint density at radius 3 is 2.81 bits per heavy atom. The summed E-state index contributed by atoms with van der Waals surface area (Å²) in [6, 6.07) is 7.02. The topological polar surface area (TPSA) is 49.4 Å². The Kier molecular flexibility index (Phi) is 3.66. The van der Waals surface area contributed by atoms with E-state index in [4.69, 9.17) is 11.6 Å². The maximum absolute atomic E-state index is 12.8. The van der Waals surface area contributed by atoms with Gasteiger partial charge in [0.2, 0.25) is 0 Å². The molecule has 0 bridgehead atoms. The number of halogens is 1. The van der Waals surface area contributed by atoms with Gasteiger partial charge in [0.05, 0.1) is 6.54 Å². The largest absolute Gasteiger partial charge is 0.325 e. The third-order valence-corrected chi connectivity index (χ3v) is 5.16. The van der Waals surface area contributed by atoms with Gasteiger partial charge in [0.1, 0.15) is 5.54 Å². The second kappa shape index (κ2) is 5.34. The monoisotopic (exact) mass is 306 g/mol. The van der Waals surface area contributed by atoms with Crippen LogP contribution >= 0.6 is 11.6 Å². The van der Waals surface area contributed by atoms with Crippen LogP contribution < -0.4 is 5.32 Å². The summed E-state index contributed by atoms with van der Waals surface area (Å²) in [6.45, 7) is 2.29. The fraction of sp³-hybridized carbons (Fsp3) is 0.500. The molecule has 3 rings (SSSR count). The van der Waals surface area contributed by atoms with Gasteiger partial charge in [0.25, 0.3) is 5.91 Å². The number of carbonyl (C=O) groups excluding carboxylic acids is 2. The first-order valence-electron chi connectivity index (χ1n) is 7.42. The van der Waals surface area contributed by atoms with Gasteiger partial charge in [-0.1, -0.05) is 49.6 Å². The van der Waals surface area contributed by atoms with Crippen LogP contribution in [0.15, 0.2) is 24.3 Å². The molecule has 2 unspecified atom stereocenters. The Bertz CT molecular complexity index is 589. The zero-order valence-corrected chi connectivity index (χ0v) is 12.8. The van der Waals surface area contributed by atoms with E-state index in [2.05, 4.69) is 12.2 Å². The smallest absolute Gasteiger partial charge is 0.323 e. The molecule has 2 aliphatic rings. The minimum atomic E-state index is -0.698. The second-order valence-electron chi connectivity index (χ2n) is 6.03. The number of hydrogen-bond acceptors (Lipinski definition) is 2. The van der Waals surface area contributed by atoms with Crippen LogP contribution in [0, 0.1) is 5.92 Å². The molecule has 1 spiro atoms. The lowest BCUT2D eigenvalue weighted by Crippen LogP contribution is -2.53. The molecule has 4 nitrogen and oxygen atoms in total. The van der Waals surface area contributed by atoms with Gasteiger partial charge in [-0.15, -0.1) is 0 Å². The zero-order valence-electron chi connectivity index (χ0n) is 12.1. The van der Waals surface area contributed by atoms with Gasteiger partial charge in [-0.2, -0.15) is 0 Å². The number of amides is 3. The van der Waals surface area contributed by atoms with E-state index in [9.17, 15) is 9.59 Å². The quantitative estimate of drug-likeness (QED) is 0.852. The standard InChI is InChI=1S/C16H19ClN2O2/c1-11-6-4-5-9-16(11)14(20)19(15(21)18-16)10-12-7-2-3-8-13(12)17/h2-3,7-8,11H,4-6,9-10H2,1H3,(H,18,21). The Morgan fingerprint density at radius 2 is 2.10 bits per heavy atom. The molecule has 0 radical (unpaired) electrons. The highest BCUT2D eigenvalue weighted by molar-refractivity contribution is 6.31. The van der Waals surface area contributed by atoms with Crippen molar-refractivity contribution < 1.29 is 9.59 Å². The third-order valence-electron chi connectivity index (χ3n) is 4.79. The highest BCUT2D eigenvalue weighted by atomic mass is 35.5. The van der Waals surface area contributed by atoms with Crippen LogP contribution in [-0.2, 0) is 11.3 Å². The van der Waals surface area contributed by atoms with Crippen molar-refractivity contribution in [3.63, 3.8) is 0 Å². The first-order valence-corrected chi connectivity index (χ1v) is 7.80. The fourth-order valence-electron chi connectivity index (χ4n) is 3.44. The fourth-order valence-corrected chi connectivity index (χ4v) is 3.63. The van der Waals surface area contributed by atoms with Crippen LogP contribution in [0.1, 0.15) is 38.2 Å². The van der Waals surface area contributed by atoms with Crippen LogP contribution in [0.25, 0.3) is 0 Å². The van der Waals surface area contributed by atoms with Gasteiger partial charge in [-0.3, -0.25) is 9.69 Å². The second-order valence-corrected chi connectivity index (χ2v) is 6.44. The van der Waals surface area contributed by atoms with Crippen LogP contribution in [0.4, 0.5) is 4.79 Å². The normalized spacial score (nSPS) is 29.0. The summed E-state index contributed by atoms with van der Waals surface area (Å²) in [5.74, 6) is 0.0820. The average molecular weight is 307 g/mol. The van der Waals surface area contributed by atoms with E-state index in [0.717, 1.165) is 31.2 Å². The lowest BCUT2D eigenvalue weighted by molar-refractivity contribution is -0.134. The Morgan fingerprint density at radius 1 is 1.33 bits per heavy atom. The molecule has 0 aromatic heterocycles. The molecule has 5 heteroatoms. The third kappa shape index (κ3) is 2.31. The van der Waals surface area contributed by atoms with E-state index in [1.165, 1.54) is 4.90 Å². The van der Waals surface area contributed by atoms with Crippen molar-refractivity contribution in [1.82, 2.24) is 10.2 Å². The molecular formula is C16H19ClN2O2. The summed E-state index contributed by atoms with van der Waals surface area (Å²) >= 11 is 6.13. The number of hydrogen-bond donors (Lipinski definition) is 1. The maximum atomic E-state index is 12.8. The lowest BCUT2D eigenvalue weighted by Gasteiger charge is -2.36. The van der Waals surface area contributed by atoms with Crippen molar-refractivity contribution in [3.05, 3.63) is 34.9 Å². The molecule has 1 aromatic rings. The van der Waals surface area contributed by atoms with Crippen LogP contribution in [-0.4, -0.2) is 22.4 Å². The van der Waals surface area contributed by atoms with Gasteiger partial charge in [-0.25, -0.2) is 4.79 Å². The van der Waals surface area contributed by atoms with Crippen molar-refractivity contribution in [2.45, 2.75) is 44.7 Å². The van der Waals surface area contributed by atoms with E-state index >= 15 is 0 Å². The van der Waals surface area contributed by atoms with Crippen LogP contribution in [0.2, 0.25) is 5.02 Å². The van der Waals surface area contributed by atoms with Crippen molar-refractivity contribution in [2.75, 3.05) is 0 Å². The predicted molar refractivity (Wildman–Crippen MR) is 80.9 cm³/mol. The molecule has 1 aromatic carbocycles. The molecule has 1 saturated heterocycles. The Balaban J connectivity index is 1.86. The molecule has 2 atom stereocenters. The Hall–Kier alpha value is -1.55. The van der Waals surface area contributed by atoms with E-state index < -0.39 is 5.54 Å². The molecule has 1 aliphatic heterocycles. The van der Waals surface area contributed by atoms with Crippen molar-refractivity contribution >= 4 is 23.5 Å². The van der Waals surface area contributed by atoms with Crippen LogP contribution in [0.5, 0.6) is 0 Å². The molecular weight excluding hydrogens is 288 g/mol. The molecule has 21 heavy (non-hydrogen) atoms. The SMILES string of the molecule is CC1CCCCC12NC(=O)N(Cc1ccccc1Cl)C2=O. The summed E-state index contributed by atoms with van der Waals surface area (Å²) in [6.07, 6.45) is 3.82. The molecule has 2 fully saturated rings. The number of nitrogens with one attached hydrogen (secondary N) is 1. The minimum Gasteiger partial charge on any atom is -0.323 e. The highest BCUT2D eigenvalue weighted by Crippen LogP contribution is 2.38. The predicted octanol–water partition coefficient (Wildman–Crippen LogP) is 3.34. The summed E-state index contributed by atoms with van der Waals surface area (Å²) in [5.41, 5.74) is 0.0968. The van der Waals surface area contributed by atoms with E-state index in [-0.39, 0.29) is 24.4 Å². The molecule has 1 saturated carbocycles. The number of urea groups is 1. The van der Waals surface area contributed by atoms with Crippen molar-refractivity contribution in [3.8, 4) is 0 Å². The van der Waals surface area contributed by atoms with Gasteiger partial charge in [0, 0.05) is 5.02 Å². The van der Waals surface area contributed by atoms with E-state index in [1.54, 1.807) is 6.07 Å². The molecule has 112 valence electrons. The average Bonchev–Trinajstić information content (AvgIpc) is 2.70. The van der Waals surface area contributed by atoms with Gasteiger partial charge in [0.15, 0.2) is 0 Å². The molecule has 1 aliphatic carbocycles. The molecule has 1 heterocycles. The summed E-state index contributed by atoms with van der Waals surface area (Å²) in [5, 5.41) is 3.53. The van der Waals surface area contributed by atoms with Gasteiger partial charge < -0.3 is 5.32 Å². The molecule has 1 N–H and O–H groups in total. The maximum Gasteiger partial charge on any atom is 0.325 e. The number of imide groups is 1. The highest BCUT2D eigenvalue weighted by Gasteiger charge is 2.54. The summed E-state index contributed by atoms with van der Waals surface area (Å²) in [7, 11) is 0. The Labute approximate surface area is 129 Å². The number of benzene rings is 1. The van der Waals surface area contributed by atoms with Crippen molar-refractivity contribution in [2.24, 2.45) is 5.92 Å². The minimum absolute atomic E-state index is 0.0976. The number of nitrogens with zero attached hydrogens (tertiary/aromatic N) is 1. The first-order chi connectivity index (χ1) is 10.0. The molecule has 3 amide bonds. The first kappa shape index (κ1) is 14.4. The number of rotatable bonds is 2.